The number of aliphatic hydroxyl groups is 1. The first-order chi connectivity index (χ1) is 1.73. The Morgan fingerprint density at radius 3 is 2.00 bits per heavy atom. The average Bonchev–Trinajstić information content (AvgIpc) is 0.811. The van der Waals surface area contributed by atoms with Crippen LogP contribution in [0.5, 0.6) is 0 Å². The van der Waals surface area contributed by atoms with Crippen LogP contribution in [0.25, 0.3) is 0 Å². The van der Waals surface area contributed by atoms with Crippen molar-refractivity contribution in [2.45, 2.75) is 0 Å². The van der Waals surface area contributed by atoms with Gasteiger partial charge in [0.2, 0.25) is 0 Å². The van der Waals surface area contributed by atoms with Crippen LogP contribution < -0.4 is 18.9 Å². The fraction of sp³-hybridized carbons (Fsp3) is 0. The summed E-state index contributed by atoms with van der Waals surface area (Å²) in [4.78, 5) is 0. The van der Waals surface area contributed by atoms with Crippen LogP contribution >= 0.6 is 22.6 Å². The van der Waals surface area contributed by atoms with Crippen LogP contribution in [0.15, 0.2) is 10.3 Å². The van der Waals surface area contributed by atoms with Gasteiger partial charge in [0.25, 0.3) is 0 Å². The Kier molecular flexibility index (Phi) is 9.05. The monoisotopic (exact) mass is 178 g/mol. The van der Waals surface area contributed by atoms with Gasteiger partial charge in [-0.2, -0.15) is 0 Å². The summed E-state index contributed by atoms with van der Waals surface area (Å²) in [5.41, 5.74) is 0. The maximum atomic E-state index is 7.85. The molecule has 0 aliphatic carbocycles. The molecule has 1 nitrogen and oxygen atoms in total. The standard InChI is InChI=1S/C2H3IO.Li.H/c1-2(3)4;;/h4H,1H2;;/q;+1;-1. The van der Waals surface area contributed by atoms with Crippen molar-refractivity contribution in [2.24, 2.45) is 0 Å². The van der Waals surface area contributed by atoms with Crippen molar-refractivity contribution in [3.8, 4) is 0 Å². The topological polar surface area (TPSA) is 20.2 Å². The van der Waals surface area contributed by atoms with Crippen LogP contribution in [-0.2, 0) is 0 Å². The van der Waals surface area contributed by atoms with Gasteiger partial charge in [0.1, 0.15) is 3.77 Å². The van der Waals surface area contributed by atoms with Gasteiger partial charge < -0.3 is 6.53 Å². The Balaban J connectivity index is -0.0000000450. The maximum absolute atomic E-state index is 7.85. The Hall–Kier alpha value is 0.867. The average molecular weight is 178 g/mol. The molecule has 0 aliphatic heterocycles. The number of hydrogen-bond acceptors (Lipinski definition) is 1. The van der Waals surface area contributed by atoms with Crippen molar-refractivity contribution in [1.29, 1.82) is 0 Å². The van der Waals surface area contributed by atoms with Crippen molar-refractivity contribution >= 4 is 22.6 Å². The summed E-state index contributed by atoms with van der Waals surface area (Å²) in [7, 11) is 0. The molecule has 0 aromatic carbocycles. The van der Waals surface area contributed by atoms with Crippen molar-refractivity contribution < 1.29 is 25.4 Å². The number of hydrogen-bond donors (Lipinski definition) is 1. The summed E-state index contributed by atoms with van der Waals surface area (Å²) in [5.74, 6) is 0. The number of halogens is 1. The Morgan fingerprint density at radius 1 is 2.00 bits per heavy atom. The molecule has 0 aromatic rings. The summed E-state index contributed by atoms with van der Waals surface area (Å²) in [5, 5.41) is 7.85. The van der Waals surface area contributed by atoms with E-state index in [0.29, 0.717) is 0 Å². The zero-order valence-corrected chi connectivity index (χ0v) is 5.19. The van der Waals surface area contributed by atoms with E-state index in [0.717, 1.165) is 0 Å². The molecular formula is C2H4ILiO. The first-order valence-electron chi connectivity index (χ1n) is 0.766. The van der Waals surface area contributed by atoms with E-state index in [1.165, 1.54) is 0 Å². The van der Waals surface area contributed by atoms with Crippen LogP contribution in [0.3, 0.4) is 0 Å². The largest absolute Gasteiger partial charge is 1.00 e. The summed E-state index contributed by atoms with van der Waals surface area (Å²) < 4.78 is 0.137. The number of aliphatic hydroxyl groups excluding tert-OH is 1. The van der Waals surface area contributed by atoms with E-state index in [2.05, 4.69) is 6.58 Å². The summed E-state index contributed by atoms with van der Waals surface area (Å²) in [6, 6.07) is 0. The second-order valence-electron chi connectivity index (χ2n) is 0.376. The van der Waals surface area contributed by atoms with E-state index < -0.39 is 0 Å². The molecule has 0 aliphatic rings. The molecule has 0 saturated heterocycles. The van der Waals surface area contributed by atoms with Gasteiger partial charge in [0.05, 0.1) is 0 Å². The third-order valence-electron chi connectivity index (χ3n) is 0. The molecule has 0 spiro atoms. The van der Waals surface area contributed by atoms with Crippen LogP contribution in [0.4, 0.5) is 0 Å². The first-order valence-corrected chi connectivity index (χ1v) is 1.84. The van der Waals surface area contributed by atoms with Gasteiger partial charge in [-0.25, -0.2) is 0 Å². The minimum atomic E-state index is 0. The molecule has 0 saturated carbocycles. The van der Waals surface area contributed by atoms with Gasteiger partial charge in [-0.1, -0.05) is 6.58 Å². The predicted octanol–water partition coefficient (Wildman–Crippen LogP) is -1.43. The second-order valence-corrected chi connectivity index (χ2v) is 1.62. The van der Waals surface area contributed by atoms with Crippen molar-refractivity contribution in [3.63, 3.8) is 0 Å². The van der Waals surface area contributed by atoms with Gasteiger partial charge in [0.15, 0.2) is 0 Å². The fourth-order valence-electron chi connectivity index (χ4n) is 0. The van der Waals surface area contributed by atoms with Crippen LogP contribution in [0.2, 0.25) is 0 Å². The third-order valence-corrected chi connectivity index (χ3v) is 0. The van der Waals surface area contributed by atoms with E-state index in [1.54, 1.807) is 22.6 Å². The molecule has 1 N–H and O–H groups in total. The van der Waals surface area contributed by atoms with E-state index >= 15 is 0 Å². The smallest absolute Gasteiger partial charge is 1.00 e. The van der Waals surface area contributed by atoms with Crippen LogP contribution in [-0.4, -0.2) is 5.11 Å². The van der Waals surface area contributed by atoms with Gasteiger partial charge in [0, 0.05) is 0 Å². The van der Waals surface area contributed by atoms with Crippen molar-refractivity contribution in [1.82, 2.24) is 0 Å². The van der Waals surface area contributed by atoms with Gasteiger partial charge in [-0.3, -0.25) is 0 Å². The molecule has 0 amide bonds. The van der Waals surface area contributed by atoms with Crippen LogP contribution in [0, 0.1) is 0 Å². The molecule has 0 atom stereocenters. The Bertz CT molecular complexity index is 36.5. The molecular weight excluding hydrogens is 174 g/mol. The Morgan fingerprint density at radius 2 is 2.00 bits per heavy atom. The van der Waals surface area contributed by atoms with Crippen LogP contribution in [0.1, 0.15) is 1.43 Å². The quantitative estimate of drug-likeness (QED) is 0.274. The Labute approximate surface area is 58.3 Å². The molecule has 5 heavy (non-hydrogen) atoms. The zero-order chi connectivity index (χ0) is 3.58. The number of rotatable bonds is 0. The molecule has 26 valence electrons. The van der Waals surface area contributed by atoms with Gasteiger partial charge in [-0.05, 0) is 22.6 Å². The van der Waals surface area contributed by atoms with Gasteiger partial charge >= 0.3 is 18.9 Å². The zero-order valence-electron chi connectivity index (χ0n) is 4.03. The molecule has 0 fully saturated rings. The maximum Gasteiger partial charge on any atom is 1.00 e. The molecule has 0 unspecified atom stereocenters. The van der Waals surface area contributed by atoms with E-state index in [9.17, 15) is 0 Å². The first kappa shape index (κ1) is 9.29. The van der Waals surface area contributed by atoms with Gasteiger partial charge in [-0.15, -0.1) is 0 Å². The van der Waals surface area contributed by atoms with Crippen molar-refractivity contribution in [3.05, 3.63) is 10.3 Å². The SMILES string of the molecule is C=C(O)I.[H-].[Li+]. The van der Waals surface area contributed by atoms with E-state index in [4.69, 9.17) is 5.11 Å². The third kappa shape index (κ3) is 53.2. The predicted molar refractivity (Wildman–Crippen MR) is 26.9 cm³/mol. The molecule has 3 heteroatoms. The second kappa shape index (κ2) is 4.87. The molecule has 0 rings (SSSR count). The molecule has 0 radical (unpaired) electrons. The summed E-state index contributed by atoms with van der Waals surface area (Å²) in [6.07, 6.45) is 0. The fourth-order valence-corrected chi connectivity index (χ4v) is 0. The summed E-state index contributed by atoms with van der Waals surface area (Å²) >= 11 is 1.70. The van der Waals surface area contributed by atoms with E-state index in [-0.39, 0.29) is 24.1 Å². The molecule has 0 bridgehead atoms. The van der Waals surface area contributed by atoms with Crippen molar-refractivity contribution in [2.75, 3.05) is 0 Å². The van der Waals surface area contributed by atoms with E-state index in [1.807, 2.05) is 0 Å². The molecule has 0 aromatic heterocycles. The summed E-state index contributed by atoms with van der Waals surface area (Å²) in [6.45, 7) is 3.10. The minimum Gasteiger partial charge on any atom is -1.00 e. The normalized spacial score (nSPS) is 5.00. The minimum absolute atomic E-state index is 0. The molecule has 0 heterocycles.